The number of carbonyl (C=O) groups is 1. The molecular weight excluding hydrogens is 176 g/mol. The Kier molecular flexibility index (Phi) is 3.15. The third kappa shape index (κ3) is 2.52. The van der Waals surface area contributed by atoms with E-state index < -0.39 is 0 Å². The van der Waals surface area contributed by atoms with Crippen molar-refractivity contribution < 1.29 is 9.53 Å². The van der Waals surface area contributed by atoms with Gasteiger partial charge in [-0.1, -0.05) is 5.57 Å². The third-order valence-electron chi connectivity index (χ3n) is 1.96. The maximum Gasteiger partial charge on any atom is 0.303 e. The molecule has 0 aromatic rings. The monoisotopic (exact) mass is 188 g/mol. The molecule has 0 N–H and O–H groups in total. The summed E-state index contributed by atoms with van der Waals surface area (Å²) in [6.07, 6.45) is 3.60. The molecule has 0 unspecified atom stereocenters. The van der Waals surface area contributed by atoms with Gasteiger partial charge in [0.1, 0.15) is 6.10 Å². The van der Waals surface area contributed by atoms with Crippen molar-refractivity contribution in [2.24, 2.45) is 0 Å². The summed E-state index contributed by atoms with van der Waals surface area (Å²) in [6.45, 7) is 3.39. The second-order valence-corrected chi connectivity index (χ2v) is 3.63. The highest BCUT2D eigenvalue weighted by molar-refractivity contribution is 6.22. The number of allylic oxidation sites excluding steroid dienone is 1. The van der Waals surface area contributed by atoms with Gasteiger partial charge in [-0.25, -0.2) is 0 Å². The van der Waals surface area contributed by atoms with E-state index >= 15 is 0 Å². The maximum atomic E-state index is 10.6. The van der Waals surface area contributed by atoms with Gasteiger partial charge < -0.3 is 4.74 Å². The number of hydrogen-bond acceptors (Lipinski definition) is 2. The average Bonchev–Trinajstić information content (AvgIpc) is 1.96. The number of halogens is 1. The molecule has 0 aromatic carbocycles. The van der Waals surface area contributed by atoms with Gasteiger partial charge in [0.25, 0.3) is 0 Å². The highest BCUT2D eigenvalue weighted by Gasteiger charge is 2.19. The lowest BCUT2D eigenvalue weighted by Crippen LogP contribution is -2.21. The quantitative estimate of drug-likeness (QED) is 0.359. The Morgan fingerprint density at radius 1 is 1.67 bits per heavy atom. The lowest BCUT2D eigenvalue weighted by molar-refractivity contribution is -0.144. The molecule has 2 atom stereocenters. The Balaban J connectivity index is 2.54. The molecule has 0 spiro atoms. The molecule has 2 nitrogen and oxygen atoms in total. The van der Waals surface area contributed by atoms with Crippen LogP contribution in [0.2, 0.25) is 0 Å². The smallest absolute Gasteiger partial charge is 0.303 e. The summed E-state index contributed by atoms with van der Waals surface area (Å²) in [6, 6.07) is 0. The Hall–Kier alpha value is -0.500. The number of hydrogen-bond donors (Lipinski definition) is 0. The first-order chi connectivity index (χ1) is 5.59. The van der Waals surface area contributed by atoms with Gasteiger partial charge in [-0.2, -0.15) is 0 Å². The third-order valence-corrected chi connectivity index (χ3v) is 2.53. The zero-order chi connectivity index (χ0) is 9.14. The highest BCUT2D eigenvalue weighted by Crippen LogP contribution is 2.24. The molecule has 3 heteroatoms. The molecule has 0 fully saturated rings. The molecule has 0 saturated heterocycles. The van der Waals surface area contributed by atoms with Gasteiger partial charge in [-0.05, 0) is 25.8 Å². The van der Waals surface area contributed by atoms with Gasteiger partial charge in [-0.3, -0.25) is 4.79 Å². The van der Waals surface area contributed by atoms with E-state index in [-0.39, 0.29) is 17.5 Å². The number of rotatable bonds is 1. The number of alkyl halides is 1. The van der Waals surface area contributed by atoms with E-state index in [4.69, 9.17) is 16.3 Å². The second kappa shape index (κ2) is 3.94. The summed E-state index contributed by atoms with van der Waals surface area (Å²) in [5.74, 6) is -0.225. The van der Waals surface area contributed by atoms with Crippen molar-refractivity contribution in [2.45, 2.75) is 38.2 Å². The van der Waals surface area contributed by atoms with Crippen molar-refractivity contribution in [2.75, 3.05) is 0 Å². The Morgan fingerprint density at radius 2 is 2.33 bits per heavy atom. The Labute approximate surface area is 77.5 Å². The first-order valence-corrected chi connectivity index (χ1v) is 4.53. The molecule has 0 amide bonds. The van der Waals surface area contributed by atoms with Crippen LogP contribution in [0.4, 0.5) is 0 Å². The fraction of sp³-hybridized carbons (Fsp3) is 0.667. The molecule has 12 heavy (non-hydrogen) atoms. The van der Waals surface area contributed by atoms with Crippen LogP contribution in [0.25, 0.3) is 0 Å². The predicted octanol–water partition coefficient (Wildman–Crippen LogP) is 2.27. The number of carbonyl (C=O) groups excluding carboxylic acids is 1. The van der Waals surface area contributed by atoms with Crippen molar-refractivity contribution in [1.29, 1.82) is 0 Å². The lowest BCUT2D eigenvalue weighted by Gasteiger charge is -2.22. The zero-order valence-electron chi connectivity index (χ0n) is 7.34. The molecule has 1 aliphatic rings. The zero-order valence-corrected chi connectivity index (χ0v) is 8.10. The molecule has 0 radical (unpaired) electrons. The summed E-state index contributed by atoms with van der Waals surface area (Å²) in [5.41, 5.74) is 1.11. The Morgan fingerprint density at radius 3 is 2.83 bits per heavy atom. The predicted molar refractivity (Wildman–Crippen MR) is 48.2 cm³/mol. The minimum atomic E-state index is -0.225. The molecule has 68 valence electrons. The van der Waals surface area contributed by atoms with E-state index in [1.54, 1.807) is 0 Å². The van der Waals surface area contributed by atoms with Crippen LogP contribution in [0.3, 0.4) is 0 Å². The van der Waals surface area contributed by atoms with Crippen LogP contribution in [0.15, 0.2) is 11.6 Å². The first kappa shape index (κ1) is 9.59. The minimum absolute atomic E-state index is 0.0579. The van der Waals surface area contributed by atoms with Gasteiger partial charge in [0.2, 0.25) is 0 Å². The fourth-order valence-corrected chi connectivity index (χ4v) is 1.52. The van der Waals surface area contributed by atoms with Crippen molar-refractivity contribution >= 4 is 17.6 Å². The summed E-state index contributed by atoms with van der Waals surface area (Å²) in [7, 11) is 0. The summed E-state index contributed by atoms with van der Waals surface area (Å²) < 4.78 is 5.04. The topological polar surface area (TPSA) is 26.3 Å². The van der Waals surface area contributed by atoms with Crippen molar-refractivity contribution in [3.63, 3.8) is 0 Å². The lowest BCUT2D eigenvalue weighted by atomic mass is 9.98. The molecule has 1 rings (SSSR count). The van der Waals surface area contributed by atoms with Crippen LogP contribution in [0.1, 0.15) is 26.7 Å². The number of esters is 1. The van der Waals surface area contributed by atoms with Crippen LogP contribution < -0.4 is 0 Å². The maximum absolute atomic E-state index is 10.6. The molecular formula is C9H13ClO2. The fourth-order valence-electron chi connectivity index (χ4n) is 1.33. The molecule has 0 saturated carbocycles. The van der Waals surface area contributed by atoms with Gasteiger partial charge in [0.05, 0.1) is 5.38 Å². The second-order valence-electron chi connectivity index (χ2n) is 3.10. The average molecular weight is 189 g/mol. The van der Waals surface area contributed by atoms with Crippen molar-refractivity contribution in [3.8, 4) is 0 Å². The minimum Gasteiger partial charge on any atom is -0.458 e. The molecule has 0 aliphatic heterocycles. The van der Waals surface area contributed by atoms with Crippen LogP contribution in [-0.4, -0.2) is 17.5 Å². The summed E-state index contributed by atoms with van der Waals surface area (Å²) in [5, 5.41) is 0.122. The standard InChI is InChI=1S/C9H13ClO2/c1-6-5-8(12-7(2)11)3-4-9(6)10/h5,8-9H,3-4H2,1-2H3/t8-,9+/m0/s1. The van der Waals surface area contributed by atoms with Crippen molar-refractivity contribution in [1.82, 2.24) is 0 Å². The molecule has 0 heterocycles. The van der Waals surface area contributed by atoms with E-state index in [0.29, 0.717) is 0 Å². The molecule has 1 aliphatic carbocycles. The van der Waals surface area contributed by atoms with E-state index in [1.807, 2.05) is 13.0 Å². The SMILES string of the molecule is CC(=O)O[C@@H]1C=C(C)[C@H](Cl)CC1. The number of ether oxygens (including phenoxy) is 1. The van der Waals surface area contributed by atoms with Crippen LogP contribution >= 0.6 is 11.6 Å². The van der Waals surface area contributed by atoms with E-state index in [1.165, 1.54) is 6.92 Å². The van der Waals surface area contributed by atoms with Gasteiger partial charge in [-0.15, -0.1) is 11.6 Å². The van der Waals surface area contributed by atoms with Gasteiger partial charge in [0.15, 0.2) is 0 Å². The van der Waals surface area contributed by atoms with E-state index in [0.717, 1.165) is 18.4 Å². The van der Waals surface area contributed by atoms with Crippen LogP contribution in [0.5, 0.6) is 0 Å². The summed E-state index contributed by atoms with van der Waals surface area (Å²) in [4.78, 5) is 10.6. The van der Waals surface area contributed by atoms with Gasteiger partial charge in [0, 0.05) is 6.92 Å². The van der Waals surface area contributed by atoms with Crippen LogP contribution in [0, 0.1) is 0 Å². The molecule has 0 aromatic heterocycles. The van der Waals surface area contributed by atoms with Crippen molar-refractivity contribution in [3.05, 3.63) is 11.6 Å². The van der Waals surface area contributed by atoms with Crippen LogP contribution in [-0.2, 0) is 9.53 Å². The van der Waals surface area contributed by atoms with E-state index in [2.05, 4.69) is 0 Å². The largest absolute Gasteiger partial charge is 0.458 e. The van der Waals surface area contributed by atoms with E-state index in [9.17, 15) is 4.79 Å². The molecule has 0 bridgehead atoms. The normalized spacial score (nSPS) is 29.4. The first-order valence-electron chi connectivity index (χ1n) is 4.09. The van der Waals surface area contributed by atoms with Gasteiger partial charge >= 0.3 is 5.97 Å². The summed E-state index contributed by atoms with van der Waals surface area (Å²) >= 11 is 5.96. The highest BCUT2D eigenvalue weighted by atomic mass is 35.5. The Bertz CT molecular complexity index is 211.